The highest BCUT2D eigenvalue weighted by Crippen LogP contribution is 2.28. The van der Waals surface area contributed by atoms with E-state index in [1.54, 1.807) is 29.7 Å². The summed E-state index contributed by atoms with van der Waals surface area (Å²) in [7, 11) is 1.34. The quantitative estimate of drug-likeness (QED) is 0.513. The van der Waals surface area contributed by atoms with E-state index >= 15 is 0 Å². The van der Waals surface area contributed by atoms with E-state index in [0.29, 0.717) is 24.7 Å². The number of piperazine rings is 1. The number of imidazole rings is 1. The van der Waals surface area contributed by atoms with Crippen LogP contribution in [0.25, 0.3) is 22.9 Å². The molecule has 1 fully saturated rings. The second kappa shape index (κ2) is 9.49. The van der Waals surface area contributed by atoms with Crippen molar-refractivity contribution in [1.82, 2.24) is 23.6 Å². The number of carbonyl (C=O) groups excluding carboxylic acids is 1. The van der Waals surface area contributed by atoms with Gasteiger partial charge in [0.1, 0.15) is 6.54 Å². The highest BCUT2D eigenvalue weighted by Gasteiger charge is 2.29. The molecule has 1 N–H and O–H groups in total. The maximum absolute atomic E-state index is 13.4. The second-order valence-corrected chi connectivity index (χ2v) is 7.98. The van der Waals surface area contributed by atoms with Gasteiger partial charge in [0.15, 0.2) is 11.2 Å². The average molecular weight is 482 g/mol. The van der Waals surface area contributed by atoms with Gasteiger partial charge in [0.05, 0.1) is 12.3 Å². The number of esters is 1. The molecule has 0 unspecified atom stereocenters. The number of hydrogen-bond acceptors (Lipinski definition) is 7. The molecule has 12 nitrogen and oxygen atoms in total. The minimum absolute atomic E-state index is 0.0423. The summed E-state index contributed by atoms with van der Waals surface area (Å²) < 4.78 is 8.72. The summed E-state index contributed by atoms with van der Waals surface area (Å²) in [5, 5.41) is 9.32. The Labute approximate surface area is 199 Å². The van der Waals surface area contributed by atoms with Gasteiger partial charge in [-0.15, -0.1) is 0 Å². The number of aromatic nitrogens is 4. The number of fused-ring (bicyclic) bond motifs is 1. The first kappa shape index (κ1) is 23.8. The Kier molecular flexibility index (Phi) is 6.45. The molecule has 0 radical (unpaired) electrons. The molecule has 12 heteroatoms. The molecule has 2 aromatic heterocycles. The molecule has 1 aromatic carbocycles. The molecule has 0 spiro atoms. The van der Waals surface area contributed by atoms with Crippen LogP contribution in [0.2, 0.25) is 0 Å². The fraction of sp³-hybridized carbons (Fsp3) is 0.348. The zero-order valence-electron chi connectivity index (χ0n) is 19.5. The molecule has 1 aliphatic rings. The normalized spacial score (nSPS) is 13.8. The van der Waals surface area contributed by atoms with Gasteiger partial charge in [0.25, 0.3) is 5.56 Å². The zero-order chi connectivity index (χ0) is 25.3. The van der Waals surface area contributed by atoms with E-state index in [9.17, 15) is 24.3 Å². The molecule has 0 atom stereocenters. The maximum Gasteiger partial charge on any atom is 0.407 e. The van der Waals surface area contributed by atoms with E-state index in [1.807, 2.05) is 17.0 Å². The summed E-state index contributed by atoms with van der Waals surface area (Å²) in [6.45, 7) is 6.40. The number of rotatable bonds is 6. The second-order valence-electron chi connectivity index (χ2n) is 7.98. The summed E-state index contributed by atoms with van der Waals surface area (Å²) in [5.41, 5.74) is 0.218. The molecule has 0 bridgehead atoms. The van der Waals surface area contributed by atoms with Crippen LogP contribution < -0.4 is 16.1 Å². The molecule has 3 heterocycles. The molecule has 1 saturated heterocycles. The van der Waals surface area contributed by atoms with Crippen LogP contribution in [0.4, 0.5) is 10.7 Å². The van der Waals surface area contributed by atoms with Gasteiger partial charge in [-0.25, -0.2) is 9.59 Å². The minimum atomic E-state index is -1.01. The van der Waals surface area contributed by atoms with Crippen LogP contribution in [0, 0.1) is 0 Å². The maximum atomic E-state index is 13.4. The third-order valence-corrected chi connectivity index (χ3v) is 5.95. The lowest BCUT2D eigenvalue weighted by Gasteiger charge is -2.34. The monoisotopic (exact) mass is 482 g/mol. The lowest BCUT2D eigenvalue weighted by molar-refractivity contribution is -0.143. The van der Waals surface area contributed by atoms with E-state index < -0.39 is 29.9 Å². The van der Waals surface area contributed by atoms with Crippen molar-refractivity contribution in [2.45, 2.75) is 13.5 Å². The van der Waals surface area contributed by atoms with Gasteiger partial charge in [-0.05, 0) is 18.6 Å². The van der Waals surface area contributed by atoms with Crippen LogP contribution in [0.3, 0.4) is 0 Å². The highest BCUT2D eigenvalue weighted by molar-refractivity contribution is 5.81. The Morgan fingerprint density at radius 1 is 1.17 bits per heavy atom. The van der Waals surface area contributed by atoms with Crippen molar-refractivity contribution < 1.29 is 19.4 Å². The van der Waals surface area contributed by atoms with Gasteiger partial charge in [-0.3, -0.25) is 23.3 Å². The molecular formula is C23H26N6O6. The van der Waals surface area contributed by atoms with Crippen LogP contribution in [-0.2, 0) is 23.1 Å². The Hall–Kier alpha value is -4.35. The topological polar surface area (TPSA) is 132 Å². The number of carboxylic acid groups (broad SMARTS) is 1. The van der Waals surface area contributed by atoms with E-state index in [-0.39, 0.29) is 30.9 Å². The van der Waals surface area contributed by atoms with E-state index in [0.717, 1.165) is 14.7 Å². The number of hydrogen-bond donors (Lipinski definition) is 1. The third-order valence-electron chi connectivity index (χ3n) is 5.95. The standard InChI is InChI=1S/C23H26N6O6/c1-4-15-8-6-7-9-16(15)29-18-19(24-21(29)26-10-12-27(13-11-26)23(33)34)28(14-17(30)35-5-2)22(32)25(3)20(18)31/h4,6-9H,1,5,10-14H2,2-3H3,(H,33,34). The Morgan fingerprint density at radius 3 is 2.49 bits per heavy atom. The third kappa shape index (κ3) is 4.18. The SMILES string of the molecule is C=Cc1ccccc1-n1c(N2CCN(C(=O)O)CC2)nc2c1c(=O)n(C)c(=O)n2CC(=O)OCC. The smallest absolute Gasteiger partial charge is 0.407 e. The number of amides is 1. The van der Waals surface area contributed by atoms with Crippen molar-refractivity contribution >= 4 is 35.3 Å². The first-order valence-corrected chi connectivity index (χ1v) is 11.1. The summed E-state index contributed by atoms with van der Waals surface area (Å²) in [4.78, 5) is 57.9. The lowest BCUT2D eigenvalue weighted by atomic mass is 10.1. The van der Waals surface area contributed by atoms with Gasteiger partial charge < -0.3 is 19.6 Å². The molecule has 0 aliphatic carbocycles. The summed E-state index contributed by atoms with van der Waals surface area (Å²) >= 11 is 0. The fourth-order valence-corrected chi connectivity index (χ4v) is 4.17. The van der Waals surface area contributed by atoms with E-state index in [2.05, 4.69) is 11.6 Å². The molecule has 184 valence electrons. The molecule has 35 heavy (non-hydrogen) atoms. The lowest BCUT2D eigenvalue weighted by Crippen LogP contribution is -2.49. The predicted molar refractivity (Wildman–Crippen MR) is 129 cm³/mol. The van der Waals surface area contributed by atoms with Gasteiger partial charge in [0, 0.05) is 33.2 Å². The summed E-state index contributed by atoms with van der Waals surface area (Å²) in [5.74, 6) is -0.271. The number of anilines is 1. The van der Waals surface area contributed by atoms with Crippen LogP contribution in [0.15, 0.2) is 40.4 Å². The molecule has 0 saturated carbocycles. The van der Waals surface area contributed by atoms with E-state index in [1.165, 1.54) is 11.9 Å². The van der Waals surface area contributed by atoms with Crippen molar-refractivity contribution in [1.29, 1.82) is 0 Å². The number of carbonyl (C=O) groups is 2. The number of nitrogens with zero attached hydrogens (tertiary/aromatic N) is 6. The number of ether oxygens (including phenoxy) is 1. The first-order chi connectivity index (χ1) is 16.8. The van der Waals surface area contributed by atoms with Gasteiger partial charge >= 0.3 is 17.8 Å². The average Bonchev–Trinajstić information content (AvgIpc) is 3.26. The molecule has 4 rings (SSSR count). The van der Waals surface area contributed by atoms with Crippen molar-refractivity contribution in [3.05, 3.63) is 57.2 Å². The van der Waals surface area contributed by atoms with Gasteiger partial charge in [0.2, 0.25) is 5.95 Å². The van der Waals surface area contributed by atoms with Crippen molar-refractivity contribution in [3.63, 3.8) is 0 Å². The zero-order valence-corrected chi connectivity index (χ0v) is 19.5. The van der Waals surface area contributed by atoms with Crippen LogP contribution in [0.5, 0.6) is 0 Å². The van der Waals surface area contributed by atoms with Crippen molar-refractivity contribution in [3.8, 4) is 5.69 Å². The highest BCUT2D eigenvalue weighted by atomic mass is 16.5. The predicted octanol–water partition coefficient (Wildman–Crippen LogP) is 0.892. The molecule has 1 aliphatic heterocycles. The number of para-hydroxylation sites is 1. The Bertz CT molecular complexity index is 1430. The minimum Gasteiger partial charge on any atom is -0.465 e. The molecule has 3 aromatic rings. The van der Waals surface area contributed by atoms with Crippen molar-refractivity contribution in [2.24, 2.45) is 7.05 Å². The van der Waals surface area contributed by atoms with Gasteiger partial charge in [-0.1, -0.05) is 30.9 Å². The summed E-state index contributed by atoms with van der Waals surface area (Å²) in [6.07, 6.45) is 0.638. The van der Waals surface area contributed by atoms with E-state index in [4.69, 9.17) is 4.74 Å². The summed E-state index contributed by atoms with van der Waals surface area (Å²) in [6, 6.07) is 7.27. The molecule has 1 amide bonds. The largest absolute Gasteiger partial charge is 0.465 e. The first-order valence-electron chi connectivity index (χ1n) is 11.1. The van der Waals surface area contributed by atoms with Crippen LogP contribution >= 0.6 is 0 Å². The Balaban J connectivity index is 2.01. The Morgan fingerprint density at radius 2 is 1.86 bits per heavy atom. The van der Waals surface area contributed by atoms with Crippen molar-refractivity contribution in [2.75, 3.05) is 37.7 Å². The number of benzene rings is 1. The molecular weight excluding hydrogens is 456 g/mol. The fourth-order valence-electron chi connectivity index (χ4n) is 4.17. The van der Waals surface area contributed by atoms with Gasteiger partial charge in [-0.2, -0.15) is 4.98 Å². The van der Waals surface area contributed by atoms with Crippen LogP contribution in [0.1, 0.15) is 12.5 Å². The van der Waals surface area contributed by atoms with Crippen LogP contribution in [-0.4, -0.2) is 73.5 Å².